The highest BCUT2D eigenvalue weighted by Crippen LogP contribution is 2.29. The van der Waals surface area contributed by atoms with E-state index in [9.17, 15) is 4.79 Å². The fraction of sp³-hybridized carbons (Fsp3) is 0.682. The SMILES string of the molecule is Cc1nn(C(C)(C)C)c2nc(C(C)C)cc(C(=O)N(C)CCC(N)C(C)C)c12.Cl.Cl. The summed E-state index contributed by atoms with van der Waals surface area (Å²) >= 11 is 0. The van der Waals surface area contributed by atoms with Crippen molar-refractivity contribution in [1.82, 2.24) is 19.7 Å². The fourth-order valence-electron chi connectivity index (χ4n) is 3.22. The van der Waals surface area contributed by atoms with Crippen molar-refractivity contribution in [3.8, 4) is 0 Å². The number of nitrogens with zero attached hydrogens (tertiary/aromatic N) is 4. The molecule has 0 radical (unpaired) electrons. The first-order valence-corrected chi connectivity index (χ1v) is 10.3. The van der Waals surface area contributed by atoms with Crippen LogP contribution in [-0.4, -0.2) is 45.2 Å². The van der Waals surface area contributed by atoms with Crippen LogP contribution in [0.5, 0.6) is 0 Å². The van der Waals surface area contributed by atoms with Crippen LogP contribution in [0.4, 0.5) is 0 Å². The second-order valence-corrected chi connectivity index (χ2v) is 9.54. The molecule has 0 aliphatic carbocycles. The number of halogens is 2. The molecule has 2 heterocycles. The van der Waals surface area contributed by atoms with Crippen molar-refractivity contribution in [3.63, 3.8) is 0 Å². The Morgan fingerprint density at radius 1 is 1.20 bits per heavy atom. The summed E-state index contributed by atoms with van der Waals surface area (Å²) in [5, 5.41) is 5.58. The Morgan fingerprint density at radius 3 is 2.23 bits per heavy atom. The van der Waals surface area contributed by atoms with Crippen LogP contribution < -0.4 is 5.73 Å². The number of carbonyl (C=O) groups excluding carboxylic acids is 1. The quantitative estimate of drug-likeness (QED) is 0.665. The Bertz CT molecular complexity index is 855. The molecule has 172 valence electrons. The average Bonchev–Trinajstić information content (AvgIpc) is 2.94. The van der Waals surface area contributed by atoms with Gasteiger partial charge in [-0.2, -0.15) is 5.10 Å². The van der Waals surface area contributed by atoms with E-state index < -0.39 is 0 Å². The normalized spacial score (nSPS) is 12.7. The standard InChI is InChI=1S/C22H37N5O.2ClH/c1-13(2)17(23)10-11-26(9)21(28)16-12-18(14(3)4)24-20-19(16)15(5)25-27(20)22(6,7)8;;/h12-14,17H,10-11,23H2,1-9H3;2*1H. The second-order valence-electron chi connectivity index (χ2n) is 9.54. The van der Waals surface area contributed by atoms with Crippen LogP contribution in [-0.2, 0) is 5.54 Å². The average molecular weight is 460 g/mol. The molecule has 30 heavy (non-hydrogen) atoms. The van der Waals surface area contributed by atoms with Crippen molar-refractivity contribution in [2.24, 2.45) is 11.7 Å². The molecule has 0 fully saturated rings. The van der Waals surface area contributed by atoms with Crippen molar-refractivity contribution in [1.29, 1.82) is 0 Å². The summed E-state index contributed by atoms with van der Waals surface area (Å²) in [4.78, 5) is 20.0. The topological polar surface area (TPSA) is 77.0 Å². The summed E-state index contributed by atoms with van der Waals surface area (Å²) < 4.78 is 1.94. The molecule has 2 N–H and O–H groups in total. The van der Waals surface area contributed by atoms with Crippen LogP contribution in [0.1, 0.15) is 82.6 Å². The number of pyridine rings is 1. The molecule has 2 rings (SSSR count). The molecule has 2 aromatic heterocycles. The van der Waals surface area contributed by atoms with E-state index in [1.807, 2.05) is 24.7 Å². The van der Waals surface area contributed by atoms with Gasteiger partial charge in [-0.3, -0.25) is 4.79 Å². The second kappa shape index (κ2) is 10.8. The van der Waals surface area contributed by atoms with Crippen molar-refractivity contribution < 1.29 is 4.79 Å². The van der Waals surface area contributed by atoms with Gasteiger partial charge in [0, 0.05) is 25.3 Å². The number of aryl methyl sites for hydroxylation is 1. The van der Waals surface area contributed by atoms with Crippen LogP contribution in [0, 0.1) is 12.8 Å². The zero-order valence-corrected chi connectivity index (χ0v) is 21.4. The minimum absolute atomic E-state index is 0. The minimum Gasteiger partial charge on any atom is -0.342 e. The molecular weight excluding hydrogens is 421 g/mol. The zero-order chi connectivity index (χ0) is 21.4. The number of amides is 1. The van der Waals surface area contributed by atoms with Crippen LogP contribution in [0.15, 0.2) is 6.07 Å². The Kier molecular flexibility index (Phi) is 10.3. The molecule has 1 unspecified atom stereocenters. The molecule has 1 amide bonds. The molecule has 1 atom stereocenters. The predicted octanol–water partition coefficient (Wildman–Crippen LogP) is 4.91. The van der Waals surface area contributed by atoms with E-state index in [4.69, 9.17) is 15.8 Å². The van der Waals surface area contributed by atoms with Gasteiger partial charge in [-0.05, 0) is 52.0 Å². The number of hydrogen-bond acceptors (Lipinski definition) is 4. The lowest BCUT2D eigenvalue weighted by Crippen LogP contribution is -2.34. The number of fused-ring (bicyclic) bond motifs is 1. The lowest BCUT2D eigenvalue weighted by atomic mass is 10.0. The Labute approximate surface area is 193 Å². The Hall–Kier alpha value is -1.37. The molecule has 8 heteroatoms. The molecule has 0 saturated heterocycles. The van der Waals surface area contributed by atoms with Crippen LogP contribution in [0.25, 0.3) is 11.0 Å². The fourth-order valence-corrected chi connectivity index (χ4v) is 3.22. The lowest BCUT2D eigenvalue weighted by Gasteiger charge is -2.23. The van der Waals surface area contributed by atoms with E-state index >= 15 is 0 Å². The van der Waals surface area contributed by atoms with Crippen molar-refractivity contribution in [2.45, 2.75) is 79.3 Å². The molecule has 0 spiro atoms. The van der Waals surface area contributed by atoms with Gasteiger partial charge in [0.1, 0.15) is 0 Å². The highest BCUT2D eigenvalue weighted by atomic mass is 35.5. The van der Waals surface area contributed by atoms with Crippen LogP contribution in [0.2, 0.25) is 0 Å². The van der Waals surface area contributed by atoms with Gasteiger partial charge in [-0.15, -0.1) is 24.8 Å². The molecule has 0 saturated carbocycles. The Morgan fingerprint density at radius 2 is 1.77 bits per heavy atom. The highest BCUT2D eigenvalue weighted by molar-refractivity contribution is 6.06. The number of rotatable bonds is 6. The summed E-state index contributed by atoms with van der Waals surface area (Å²) in [6, 6.07) is 2.03. The predicted molar refractivity (Wildman–Crippen MR) is 130 cm³/mol. The first-order chi connectivity index (χ1) is 12.8. The number of nitrogens with two attached hydrogens (primary N) is 1. The van der Waals surface area contributed by atoms with Gasteiger partial charge in [0.05, 0.1) is 22.2 Å². The summed E-state index contributed by atoms with van der Waals surface area (Å²) in [6.07, 6.45) is 0.783. The summed E-state index contributed by atoms with van der Waals surface area (Å²) in [7, 11) is 1.85. The minimum atomic E-state index is -0.217. The Balaban J connectivity index is 0.00000420. The lowest BCUT2D eigenvalue weighted by molar-refractivity contribution is 0.0791. The van der Waals surface area contributed by atoms with E-state index in [1.54, 1.807) is 4.90 Å². The van der Waals surface area contributed by atoms with Crippen molar-refractivity contribution in [3.05, 3.63) is 23.0 Å². The first-order valence-electron chi connectivity index (χ1n) is 10.3. The van der Waals surface area contributed by atoms with E-state index in [-0.39, 0.29) is 48.2 Å². The van der Waals surface area contributed by atoms with Gasteiger partial charge in [0.2, 0.25) is 0 Å². The highest BCUT2D eigenvalue weighted by Gasteiger charge is 2.26. The third kappa shape index (κ3) is 6.08. The molecule has 6 nitrogen and oxygen atoms in total. The van der Waals surface area contributed by atoms with Gasteiger partial charge < -0.3 is 10.6 Å². The maximum atomic E-state index is 13.3. The smallest absolute Gasteiger partial charge is 0.254 e. The van der Waals surface area contributed by atoms with Crippen LogP contribution >= 0.6 is 24.8 Å². The molecule has 2 aromatic rings. The van der Waals surface area contributed by atoms with Gasteiger partial charge >= 0.3 is 0 Å². The molecule has 0 bridgehead atoms. The van der Waals surface area contributed by atoms with Gasteiger partial charge in [0.15, 0.2) is 5.65 Å². The van der Waals surface area contributed by atoms with Gasteiger partial charge in [-0.25, -0.2) is 9.67 Å². The number of aromatic nitrogens is 3. The molecule has 0 aliphatic rings. The van der Waals surface area contributed by atoms with Crippen molar-refractivity contribution >= 4 is 41.8 Å². The monoisotopic (exact) mass is 459 g/mol. The van der Waals surface area contributed by atoms with E-state index in [0.717, 1.165) is 28.8 Å². The maximum Gasteiger partial charge on any atom is 0.254 e. The van der Waals surface area contributed by atoms with Crippen molar-refractivity contribution in [2.75, 3.05) is 13.6 Å². The summed E-state index contributed by atoms with van der Waals surface area (Å²) in [6.45, 7) is 17.3. The van der Waals surface area contributed by atoms with E-state index in [1.165, 1.54) is 0 Å². The van der Waals surface area contributed by atoms with Gasteiger partial charge in [0.25, 0.3) is 5.91 Å². The molecule has 0 aliphatic heterocycles. The van der Waals surface area contributed by atoms with E-state index in [2.05, 4.69) is 48.5 Å². The largest absolute Gasteiger partial charge is 0.342 e. The third-order valence-corrected chi connectivity index (χ3v) is 5.29. The maximum absolute atomic E-state index is 13.3. The number of carbonyl (C=O) groups is 1. The van der Waals surface area contributed by atoms with E-state index in [0.29, 0.717) is 18.0 Å². The third-order valence-electron chi connectivity index (χ3n) is 5.29. The first kappa shape index (κ1) is 28.6. The molecule has 0 aromatic carbocycles. The van der Waals surface area contributed by atoms with Crippen LogP contribution in [0.3, 0.4) is 0 Å². The van der Waals surface area contributed by atoms with Gasteiger partial charge in [-0.1, -0.05) is 27.7 Å². The number of hydrogen-bond donors (Lipinski definition) is 1. The summed E-state index contributed by atoms with van der Waals surface area (Å²) in [5.41, 5.74) is 9.17. The molecular formula is C22H39Cl2N5O. The zero-order valence-electron chi connectivity index (χ0n) is 19.8. The summed E-state index contributed by atoms with van der Waals surface area (Å²) in [5.74, 6) is 0.622.